The van der Waals surface area contributed by atoms with Gasteiger partial charge in [0.2, 0.25) is 0 Å². The average Bonchev–Trinajstić information content (AvgIpc) is 3.31. The topological polar surface area (TPSA) is 15.3 Å². The van der Waals surface area contributed by atoms with E-state index < -0.39 is 0 Å². The molecule has 1 N–H and O–H groups in total. The fourth-order valence-electron chi connectivity index (χ4n) is 4.36. The number of thioether (sulfide) groups is 1. The SMILES string of the molecule is CSC1CCCCC1N1CC(C2CC2)NCC1C(C)C. The summed E-state index contributed by atoms with van der Waals surface area (Å²) in [6.45, 7) is 7.35. The van der Waals surface area contributed by atoms with Gasteiger partial charge in [0.1, 0.15) is 0 Å². The van der Waals surface area contributed by atoms with Crippen molar-refractivity contribution in [3.05, 3.63) is 0 Å². The molecule has 2 saturated carbocycles. The predicted octanol–water partition coefficient (Wildman–Crippen LogP) is 3.37. The minimum atomic E-state index is 0.753. The lowest BCUT2D eigenvalue weighted by molar-refractivity contribution is 0.0381. The summed E-state index contributed by atoms with van der Waals surface area (Å²) in [7, 11) is 0. The molecule has 4 unspecified atom stereocenters. The summed E-state index contributed by atoms with van der Waals surface area (Å²) < 4.78 is 0. The second-order valence-corrected chi connectivity index (χ2v) is 8.56. The molecule has 20 heavy (non-hydrogen) atoms. The van der Waals surface area contributed by atoms with Crippen LogP contribution in [0.2, 0.25) is 0 Å². The van der Waals surface area contributed by atoms with Gasteiger partial charge in [-0.3, -0.25) is 4.90 Å². The van der Waals surface area contributed by atoms with Gasteiger partial charge in [-0.05, 0) is 43.8 Å². The van der Waals surface area contributed by atoms with Crippen LogP contribution >= 0.6 is 11.8 Å². The molecule has 3 fully saturated rings. The van der Waals surface area contributed by atoms with Crippen LogP contribution in [0.5, 0.6) is 0 Å². The molecule has 3 rings (SSSR count). The van der Waals surface area contributed by atoms with Gasteiger partial charge in [0.25, 0.3) is 0 Å². The second kappa shape index (κ2) is 6.58. The number of nitrogens with one attached hydrogen (secondary N) is 1. The highest BCUT2D eigenvalue weighted by atomic mass is 32.2. The van der Waals surface area contributed by atoms with Crippen molar-refractivity contribution in [2.24, 2.45) is 11.8 Å². The fourth-order valence-corrected chi connectivity index (χ4v) is 5.37. The van der Waals surface area contributed by atoms with Crippen LogP contribution in [-0.2, 0) is 0 Å². The molecule has 1 aliphatic heterocycles. The molecule has 0 aromatic carbocycles. The number of rotatable bonds is 4. The quantitative estimate of drug-likeness (QED) is 0.856. The Morgan fingerprint density at radius 1 is 1.10 bits per heavy atom. The standard InChI is InChI=1S/C17H32N2S/c1-12(2)16-10-18-14(13-8-9-13)11-19(16)15-6-4-5-7-17(15)20-3/h12-18H,4-11H2,1-3H3. The van der Waals surface area contributed by atoms with Gasteiger partial charge in [-0.25, -0.2) is 0 Å². The van der Waals surface area contributed by atoms with E-state index in [2.05, 4.69) is 42.1 Å². The van der Waals surface area contributed by atoms with Crippen molar-refractivity contribution in [1.82, 2.24) is 10.2 Å². The largest absolute Gasteiger partial charge is 0.311 e. The third kappa shape index (κ3) is 3.20. The highest BCUT2D eigenvalue weighted by molar-refractivity contribution is 7.99. The maximum Gasteiger partial charge on any atom is 0.0247 e. The molecule has 2 aliphatic carbocycles. The van der Waals surface area contributed by atoms with E-state index in [9.17, 15) is 0 Å². The fraction of sp³-hybridized carbons (Fsp3) is 1.00. The monoisotopic (exact) mass is 296 g/mol. The molecule has 0 bridgehead atoms. The summed E-state index contributed by atoms with van der Waals surface area (Å²) in [6.07, 6.45) is 11.0. The molecule has 116 valence electrons. The lowest BCUT2D eigenvalue weighted by Crippen LogP contribution is -2.63. The first-order valence-corrected chi connectivity index (χ1v) is 10.0. The maximum atomic E-state index is 3.87. The van der Waals surface area contributed by atoms with Crippen LogP contribution < -0.4 is 5.32 Å². The van der Waals surface area contributed by atoms with Gasteiger partial charge >= 0.3 is 0 Å². The molecule has 0 aromatic heterocycles. The van der Waals surface area contributed by atoms with E-state index in [0.29, 0.717) is 0 Å². The Kier molecular flexibility index (Phi) is 4.99. The Morgan fingerprint density at radius 3 is 2.50 bits per heavy atom. The molecule has 0 aromatic rings. The van der Waals surface area contributed by atoms with Crippen molar-refractivity contribution in [3.63, 3.8) is 0 Å². The Labute approximate surface area is 129 Å². The smallest absolute Gasteiger partial charge is 0.0247 e. The van der Waals surface area contributed by atoms with E-state index in [1.807, 2.05) is 0 Å². The molecule has 0 spiro atoms. The Bertz CT molecular complexity index is 316. The zero-order valence-corrected chi connectivity index (χ0v) is 14.3. The van der Waals surface area contributed by atoms with Gasteiger partial charge in [-0.1, -0.05) is 26.7 Å². The van der Waals surface area contributed by atoms with Crippen LogP contribution in [0.3, 0.4) is 0 Å². The van der Waals surface area contributed by atoms with Crippen LogP contribution in [0, 0.1) is 11.8 Å². The van der Waals surface area contributed by atoms with Gasteiger partial charge in [0, 0.05) is 36.5 Å². The molecule has 0 amide bonds. The predicted molar refractivity (Wildman–Crippen MR) is 89.4 cm³/mol. The van der Waals surface area contributed by atoms with Gasteiger partial charge in [0.05, 0.1) is 0 Å². The van der Waals surface area contributed by atoms with Crippen molar-refractivity contribution in [3.8, 4) is 0 Å². The van der Waals surface area contributed by atoms with Crippen LogP contribution in [0.1, 0.15) is 52.4 Å². The molecule has 3 heteroatoms. The van der Waals surface area contributed by atoms with E-state index in [0.717, 1.165) is 35.2 Å². The number of nitrogens with zero attached hydrogens (tertiary/aromatic N) is 1. The maximum absolute atomic E-state index is 3.87. The summed E-state index contributed by atoms with van der Waals surface area (Å²) >= 11 is 2.12. The van der Waals surface area contributed by atoms with E-state index >= 15 is 0 Å². The van der Waals surface area contributed by atoms with Crippen molar-refractivity contribution in [2.75, 3.05) is 19.3 Å². The summed E-state index contributed by atoms with van der Waals surface area (Å²) in [6, 6.07) is 2.38. The second-order valence-electron chi connectivity index (χ2n) is 7.49. The van der Waals surface area contributed by atoms with Crippen molar-refractivity contribution < 1.29 is 0 Å². The average molecular weight is 297 g/mol. The first-order chi connectivity index (χ1) is 9.70. The summed E-state index contributed by atoms with van der Waals surface area (Å²) in [4.78, 5) is 2.94. The van der Waals surface area contributed by atoms with E-state index in [4.69, 9.17) is 0 Å². The molecule has 1 saturated heterocycles. The molecule has 1 heterocycles. The third-order valence-corrected chi connectivity index (χ3v) is 6.94. The first kappa shape index (κ1) is 15.2. The Hall–Kier alpha value is 0.270. The minimum absolute atomic E-state index is 0.753. The molecular weight excluding hydrogens is 264 g/mol. The lowest BCUT2D eigenvalue weighted by atomic mass is 9.88. The number of hydrogen-bond donors (Lipinski definition) is 1. The van der Waals surface area contributed by atoms with Gasteiger partial charge in [-0.15, -0.1) is 0 Å². The van der Waals surface area contributed by atoms with E-state index in [1.54, 1.807) is 0 Å². The lowest BCUT2D eigenvalue weighted by Gasteiger charge is -2.49. The molecule has 0 radical (unpaired) electrons. The number of piperazine rings is 1. The van der Waals surface area contributed by atoms with Crippen LogP contribution in [0.4, 0.5) is 0 Å². The Balaban J connectivity index is 1.73. The van der Waals surface area contributed by atoms with Crippen molar-refractivity contribution >= 4 is 11.8 Å². The molecular formula is C17H32N2S. The summed E-state index contributed by atoms with van der Waals surface area (Å²) in [5.74, 6) is 1.76. The van der Waals surface area contributed by atoms with Gasteiger partial charge < -0.3 is 5.32 Å². The first-order valence-electron chi connectivity index (χ1n) is 8.72. The summed E-state index contributed by atoms with van der Waals surface area (Å²) in [5, 5.41) is 4.74. The normalized spacial score (nSPS) is 40.2. The molecule has 3 aliphatic rings. The Morgan fingerprint density at radius 2 is 1.85 bits per heavy atom. The number of hydrogen-bond acceptors (Lipinski definition) is 3. The summed E-state index contributed by atoms with van der Waals surface area (Å²) in [5.41, 5.74) is 0. The van der Waals surface area contributed by atoms with Crippen molar-refractivity contribution in [2.45, 2.75) is 75.7 Å². The van der Waals surface area contributed by atoms with E-state index in [1.165, 1.54) is 51.6 Å². The van der Waals surface area contributed by atoms with Crippen LogP contribution in [-0.4, -0.2) is 47.6 Å². The third-order valence-electron chi connectivity index (χ3n) is 5.78. The van der Waals surface area contributed by atoms with Crippen molar-refractivity contribution in [1.29, 1.82) is 0 Å². The highest BCUT2D eigenvalue weighted by Crippen LogP contribution is 2.38. The van der Waals surface area contributed by atoms with Crippen LogP contribution in [0.15, 0.2) is 0 Å². The van der Waals surface area contributed by atoms with E-state index in [-0.39, 0.29) is 0 Å². The molecule has 2 nitrogen and oxygen atoms in total. The highest BCUT2D eigenvalue weighted by Gasteiger charge is 2.42. The molecule has 4 atom stereocenters. The zero-order valence-electron chi connectivity index (χ0n) is 13.5. The van der Waals surface area contributed by atoms with Gasteiger partial charge in [0.15, 0.2) is 0 Å². The van der Waals surface area contributed by atoms with Crippen LogP contribution in [0.25, 0.3) is 0 Å². The minimum Gasteiger partial charge on any atom is -0.311 e. The zero-order chi connectivity index (χ0) is 14.1. The van der Waals surface area contributed by atoms with Gasteiger partial charge in [-0.2, -0.15) is 11.8 Å².